The number of hydrogen-bond acceptors (Lipinski definition) is 11. The molecule has 0 aromatic heterocycles. The zero-order chi connectivity index (χ0) is 43.9. The van der Waals surface area contributed by atoms with Gasteiger partial charge in [0, 0.05) is 13.0 Å². The van der Waals surface area contributed by atoms with E-state index in [9.17, 15) is 28.5 Å². The topological polar surface area (TPSA) is 178 Å². The lowest BCUT2D eigenvalue weighted by molar-refractivity contribution is -0.301. The highest BCUT2D eigenvalue weighted by molar-refractivity contribution is 7.80. The van der Waals surface area contributed by atoms with Crippen LogP contribution >= 0.6 is 0 Å². The van der Waals surface area contributed by atoms with Crippen LogP contribution < -0.4 is 0 Å². The molecule has 0 saturated carbocycles. The number of allylic oxidation sites excluding steroid dienone is 6. The molecule has 352 valence electrons. The molecule has 0 aromatic carbocycles. The van der Waals surface area contributed by atoms with Crippen LogP contribution in [0.5, 0.6) is 0 Å². The van der Waals surface area contributed by atoms with Gasteiger partial charge < -0.3 is 34.3 Å². The summed E-state index contributed by atoms with van der Waals surface area (Å²) in [4.78, 5) is 12.9. The number of ether oxygens (including phenoxy) is 4. The summed E-state index contributed by atoms with van der Waals surface area (Å²) in [6.45, 7) is 3.89. The summed E-state index contributed by atoms with van der Waals surface area (Å²) in [6, 6.07) is 0. The van der Waals surface area contributed by atoms with Crippen molar-refractivity contribution in [1.82, 2.24) is 0 Å². The summed E-state index contributed by atoms with van der Waals surface area (Å²) in [5, 5.41) is 30.7. The fourth-order valence-electron chi connectivity index (χ4n) is 7.22. The number of esters is 1. The standard InChI is InChI=1S/C47H86O12S/c1-3-5-7-9-11-13-15-17-19-21-22-24-26-28-30-32-34-36-43(49)57-41(40-56-47-45(51)46(59-60(52,53)54)44(50)42(38-48)58-47)39-55-37-35-33-31-29-27-25-23-20-18-16-14-12-10-8-6-4-2/h5,7,11,13,17,19,41-42,44-48,50-51H,3-4,6,8-10,12,14-16,18,20-40H2,1-2H3,(H,52,53,54)/b7-5-,13-11-,19-17-. The van der Waals surface area contributed by atoms with Crippen LogP contribution in [0.1, 0.15) is 194 Å². The fraction of sp³-hybridized carbons (Fsp3) is 0.851. The predicted molar refractivity (Wildman–Crippen MR) is 239 cm³/mol. The van der Waals surface area contributed by atoms with Crippen molar-refractivity contribution < 1.29 is 56.2 Å². The zero-order valence-corrected chi connectivity index (χ0v) is 38.3. The molecule has 0 bridgehead atoms. The number of carbonyl (C=O) groups is 1. The summed E-state index contributed by atoms with van der Waals surface area (Å²) in [6.07, 6.45) is 36.0. The van der Waals surface area contributed by atoms with Gasteiger partial charge in [-0.15, -0.1) is 0 Å². The molecular weight excluding hydrogens is 789 g/mol. The van der Waals surface area contributed by atoms with Crippen LogP contribution in [-0.2, 0) is 38.3 Å². The molecule has 60 heavy (non-hydrogen) atoms. The highest BCUT2D eigenvalue weighted by atomic mass is 32.3. The van der Waals surface area contributed by atoms with E-state index in [4.69, 9.17) is 23.5 Å². The molecule has 1 heterocycles. The van der Waals surface area contributed by atoms with Gasteiger partial charge in [-0.05, 0) is 44.9 Å². The van der Waals surface area contributed by atoms with Gasteiger partial charge in [-0.1, -0.05) is 179 Å². The van der Waals surface area contributed by atoms with Gasteiger partial charge in [-0.25, -0.2) is 4.18 Å². The molecule has 1 saturated heterocycles. The Bertz CT molecular complexity index is 1190. The molecule has 0 spiro atoms. The second kappa shape index (κ2) is 39.0. The minimum atomic E-state index is -5.06. The Hall–Kier alpha value is -1.68. The first-order valence-corrected chi connectivity index (χ1v) is 25.1. The second-order valence-corrected chi connectivity index (χ2v) is 17.4. The molecule has 0 amide bonds. The van der Waals surface area contributed by atoms with Crippen LogP contribution in [-0.4, -0.2) is 97.5 Å². The van der Waals surface area contributed by atoms with Crippen molar-refractivity contribution in [1.29, 1.82) is 0 Å². The van der Waals surface area contributed by atoms with Crippen LogP contribution in [0.3, 0.4) is 0 Å². The highest BCUT2D eigenvalue weighted by Gasteiger charge is 2.48. The lowest BCUT2D eigenvalue weighted by atomic mass is 9.99. The lowest BCUT2D eigenvalue weighted by Crippen LogP contribution is -2.60. The maximum Gasteiger partial charge on any atom is 0.397 e. The Morgan fingerprint density at radius 3 is 1.68 bits per heavy atom. The first-order chi connectivity index (χ1) is 29.1. The Morgan fingerprint density at radius 2 is 1.15 bits per heavy atom. The summed E-state index contributed by atoms with van der Waals surface area (Å²) in [7, 11) is -5.06. The van der Waals surface area contributed by atoms with Crippen molar-refractivity contribution in [3.05, 3.63) is 36.5 Å². The van der Waals surface area contributed by atoms with Crippen LogP contribution in [0.15, 0.2) is 36.5 Å². The molecule has 0 aromatic rings. The second-order valence-electron chi connectivity index (χ2n) is 16.3. The van der Waals surface area contributed by atoms with Crippen molar-refractivity contribution in [2.45, 2.75) is 230 Å². The van der Waals surface area contributed by atoms with E-state index in [1.807, 2.05) is 0 Å². The fourth-order valence-corrected chi connectivity index (χ4v) is 7.73. The largest absolute Gasteiger partial charge is 0.457 e. The van der Waals surface area contributed by atoms with Gasteiger partial charge in [0.15, 0.2) is 6.29 Å². The zero-order valence-electron chi connectivity index (χ0n) is 37.5. The van der Waals surface area contributed by atoms with E-state index < -0.39 is 59.8 Å². The Labute approximate surface area is 364 Å². The SMILES string of the molecule is CC/C=C\C/C=C\C/C=C\CCCCCCCCCC(=O)OC(COCCCCCCCCCCCCCCCCCC)COC1OC(CO)C(O)C(OS(=O)(=O)O)C1O. The molecule has 1 fully saturated rings. The van der Waals surface area contributed by atoms with Crippen LogP contribution in [0.2, 0.25) is 0 Å². The highest BCUT2D eigenvalue weighted by Crippen LogP contribution is 2.26. The minimum absolute atomic E-state index is 0.0346. The van der Waals surface area contributed by atoms with Gasteiger partial charge in [-0.2, -0.15) is 8.42 Å². The van der Waals surface area contributed by atoms with Crippen LogP contribution in [0, 0.1) is 0 Å². The molecule has 1 aliphatic rings. The van der Waals surface area contributed by atoms with Gasteiger partial charge in [0.2, 0.25) is 0 Å². The van der Waals surface area contributed by atoms with E-state index in [0.29, 0.717) is 13.0 Å². The normalized spacial score (nSPS) is 20.5. The first kappa shape index (κ1) is 56.3. The average molecular weight is 875 g/mol. The van der Waals surface area contributed by atoms with Crippen molar-refractivity contribution >= 4 is 16.4 Å². The quantitative estimate of drug-likeness (QED) is 0.0198. The molecule has 1 rings (SSSR count). The van der Waals surface area contributed by atoms with Gasteiger partial charge in [0.25, 0.3) is 0 Å². The van der Waals surface area contributed by atoms with Gasteiger partial charge in [-0.3, -0.25) is 9.35 Å². The molecule has 6 unspecified atom stereocenters. The molecule has 0 radical (unpaired) electrons. The third-order valence-corrected chi connectivity index (χ3v) is 11.2. The van der Waals surface area contributed by atoms with Gasteiger partial charge >= 0.3 is 16.4 Å². The summed E-state index contributed by atoms with van der Waals surface area (Å²) < 4.78 is 59.1. The number of rotatable bonds is 41. The van der Waals surface area contributed by atoms with Crippen LogP contribution in [0.25, 0.3) is 0 Å². The molecule has 13 heteroatoms. The maximum atomic E-state index is 12.9. The lowest BCUT2D eigenvalue weighted by Gasteiger charge is -2.41. The number of hydrogen-bond donors (Lipinski definition) is 4. The van der Waals surface area contributed by atoms with Gasteiger partial charge in [0.05, 0.1) is 19.8 Å². The molecule has 0 aliphatic carbocycles. The number of carbonyl (C=O) groups excluding carboxylic acids is 1. The van der Waals surface area contributed by atoms with E-state index in [2.05, 4.69) is 54.5 Å². The molecular formula is C47H86O12S. The molecule has 4 N–H and O–H groups in total. The average Bonchev–Trinajstić information content (AvgIpc) is 3.22. The molecule has 6 atom stereocenters. The van der Waals surface area contributed by atoms with E-state index in [0.717, 1.165) is 70.6 Å². The third kappa shape index (κ3) is 32.1. The maximum absolute atomic E-state index is 12.9. The smallest absolute Gasteiger partial charge is 0.397 e. The van der Waals surface area contributed by atoms with Crippen LogP contribution in [0.4, 0.5) is 0 Å². The summed E-state index contributed by atoms with van der Waals surface area (Å²) in [5.41, 5.74) is 0. The monoisotopic (exact) mass is 875 g/mol. The first-order valence-electron chi connectivity index (χ1n) is 23.7. The van der Waals surface area contributed by atoms with E-state index in [1.165, 1.54) is 96.3 Å². The number of aliphatic hydroxyl groups is 3. The molecule has 12 nitrogen and oxygen atoms in total. The van der Waals surface area contributed by atoms with E-state index >= 15 is 0 Å². The Kier molecular flexibility index (Phi) is 36.6. The van der Waals surface area contributed by atoms with E-state index in [1.54, 1.807) is 0 Å². The van der Waals surface area contributed by atoms with Crippen molar-refractivity contribution in [2.24, 2.45) is 0 Å². The van der Waals surface area contributed by atoms with Crippen molar-refractivity contribution in [3.8, 4) is 0 Å². The number of unbranched alkanes of at least 4 members (excludes halogenated alkanes) is 22. The number of aliphatic hydroxyl groups excluding tert-OH is 3. The van der Waals surface area contributed by atoms with Gasteiger partial charge in [0.1, 0.15) is 30.5 Å². The molecule has 1 aliphatic heterocycles. The Morgan fingerprint density at radius 1 is 0.650 bits per heavy atom. The van der Waals surface area contributed by atoms with Crippen molar-refractivity contribution in [3.63, 3.8) is 0 Å². The van der Waals surface area contributed by atoms with E-state index in [-0.39, 0.29) is 19.6 Å². The summed E-state index contributed by atoms with van der Waals surface area (Å²) >= 11 is 0. The summed E-state index contributed by atoms with van der Waals surface area (Å²) in [5.74, 6) is -0.407. The van der Waals surface area contributed by atoms with Crippen molar-refractivity contribution in [2.75, 3.05) is 26.4 Å². The Balaban J connectivity index is 2.41. The third-order valence-electron chi connectivity index (χ3n) is 10.8. The minimum Gasteiger partial charge on any atom is -0.457 e. The predicted octanol–water partition coefficient (Wildman–Crippen LogP) is 10.2.